The average Bonchev–Trinajstić information content (AvgIpc) is 2.71. The van der Waals surface area contributed by atoms with Gasteiger partial charge in [0.25, 0.3) is 0 Å². The van der Waals surface area contributed by atoms with Crippen LogP contribution in [0.15, 0.2) is 71.7 Å². The Balaban J connectivity index is 1.74. The number of nitrogens with one attached hydrogen (secondary N) is 1. The predicted octanol–water partition coefficient (Wildman–Crippen LogP) is 4.46. The van der Waals surface area contributed by atoms with E-state index in [1.165, 1.54) is 12.3 Å². The Hall–Kier alpha value is -3.88. The second-order valence-corrected chi connectivity index (χ2v) is 6.21. The topological polar surface area (TPSA) is 80.0 Å². The monoisotopic (exact) mass is 398 g/mol. The molecule has 4 aromatic rings. The minimum Gasteiger partial charge on any atom is -0.422 e. The molecular weight excluding hydrogens is 385 g/mol. The molecule has 0 saturated carbocycles. The van der Waals surface area contributed by atoms with Gasteiger partial charge in [-0.05, 0) is 47.5 Å². The lowest BCUT2D eigenvalue weighted by atomic mass is 10.0. The molecule has 0 amide bonds. The van der Waals surface area contributed by atoms with Gasteiger partial charge in [-0.3, -0.25) is 0 Å². The van der Waals surface area contributed by atoms with E-state index in [0.717, 1.165) is 12.1 Å². The molecule has 0 bridgehead atoms. The third-order valence-corrected chi connectivity index (χ3v) is 4.28. The average molecular weight is 398 g/mol. The van der Waals surface area contributed by atoms with E-state index in [9.17, 15) is 23.2 Å². The highest BCUT2D eigenvalue weighted by molar-refractivity contribution is 5.88. The van der Waals surface area contributed by atoms with Gasteiger partial charge in [-0.1, -0.05) is 24.3 Å². The first kappa shape index (κ1) is 18.5. The number of hydrogen-bond acceptors (Lipinski definition) is 5. The molecule has 2 heterocycles. The first-order valence-corrected chi connectivity index (χ1v) is 8.45. The number of benzene rings is 2. The van der Waals surface area contributed by atoms with Gasteiger partial charge in [0.2, 0.25) is 0 Å². The SMILES string of the molecule is O=c1nc(Nc2cccc(-c3cccc(C(F)(F)F)c3)c2)c2cccnc2n1O. The molecule has 0 saturated heterocycles. The van der Waals surface area contributed by atoms with Crippen LogP contribution in [-0.2, 0) is 6.18 Å². The Morgan fingerprint density at radius 1 is 0.966 bits per heavy atom. The van der Waals surface area contributed by atoms with Crippen molar-refractivity contribution in [2.45, 2.75) is 6.18 Å². The van der Waals surface area contributed by atoms with Gasteiger partial charge in [-0.2, -0.15) is 18.2 Å². The molecule has 0 spiro atoms. The van der Waals surface area contributed by atoms with Crippen LogP contribution in [0.1, 0.15) is 5.56 Å². The largest absolute Gasteiger partial charge is 0.422 e. The summed E-state index contributed by atoms with van der Waals surface area (Å²) in [4.78, 5) is 19.6. The molecular formula is C20H13F3N4O2. The highest BCUT2D eigenvalue weighted by atomic mass is 19.4. The normalized spacial score (nSPS) is 11.6. The summed E-state index contributed by atoms with van der Waals surface area (Å²) in [7, 11) is 0. The molecule has 0 atom stereocenters. The van der Waals surface area contributed by atoms with Gasteiger partial charge < -0.3 is 10.5 Å². The Labute approximate surface area is 161 Å². The number of alkyl halides is 3. The summed E-state index contributed by atoms with van der Waals surface area (Å²) in [5.41, 5.74) is -0.157. The summed E-state index contributed by atoms with van der Waals surface area (Å²) in [6.45, 7) is 0. The number of pyridine rings is 1. The fourth-order valence-corrected chi connectivity index (χ4v) is 2.93. The molecule has 0 radical (unpaired) electrons. The van der Waals surface area contributed by atoms with Crippen LogP contribution in [0.2, 0.25) is 0 Å². The van der Waals surface area contributed by atoms with Gasteiger partial charge in [-0.15, -0.1) is 4.73 Å². The first-order chi connectivity index (χ1) is 13.8. The molecule has 6 nitrogen and oxygen atoms in total. The van der Waals surface area contributed by atoms with Crippen LogP contribution in [0.25, 0.3) is 22.2 Å². The maximum absolute atomic E-state index is 13.0. The van der Waals surface area contributed by atoms with E-state index >= 15 is 0 Å². The smallest absolute Gasteiger partial charge is 0.416 e. The van der Waals surface area contributed by atoms with Gasteiger partial charge in [0, 0.05) is 11.9 Å². The van der Waals surface area contributed by atoms with Gasteiger partial charge in [0.15, 0.2) is 5.65 Å². The number of aromatic nitrogens is 3. The van der Waals surface area contributed by atoms with E-state index in [1.807, 2.05) is 0 Å². The number of fused-ring (bicyclic) bond motifs is 1. The van der Waals surface area contributed by atoms with E-state index in [2.05, 4.69) is 15.3 Å². The van der Waals surface area contributed by atoms with Crippen molar-refractivity contribution in [2.24, 2.45) is 0 Å². The van der Waals surface area contributed by atoms with E-state index in [0.29, 0.717) is 26.9 Å². The summed E-state index contributed by atoms with van der Waals surface area (Å²) in [6, 6.07) is 14.9. The number of rotatable bonds is 3. The molecule has 0 aliphatic rings. The third kappa shape index (κ3) is 3.62. The molecule has 4 rings (SSSR count). The molecule has 2 N–H and O–H groups in total. The molecule has 0 aliphatic heterocycles. The Morgan fingerprint density at radius 3 is 2.45 bits per heavy atom. The van der Waals surface area contributed by atoms with E-state index < -0.39 is 17.4 Å². The van der Waals surface area contributed by atoms with Crippen molar-refractivity contribution >= 4 is 22.5 Å². The van der Waals surface area contributed by atoms with Crippen LogP contribution in [0.5, 0.6) is 0 Å². The number of halogens is 3. The van der Waals surface area contributed by atoms with Crippen molar-refractivity contribution < 1.29 is 18.4 Å². The Morgan fingerprint density at radius 2 is 1.69 bits per heavy atom. The van der Waals surface area contributed by atoms with Crippen LogP contribution in [0.4, 0.5) is 24.7 Å². The molecule has 29 heavy (non-hydrogen) atoms. The minimum absolute atomic E-state index is 0.0315. The number of hydrogen-bond donors (Lipinski definition) is 2. The summed E-state index contributed by atoms with van der Waals surface area (Å²) >= 11 is 0. The van der Waals surface area contributed by atoms with Crippen LogP contribution >= 0.6 is 0 Å². The fraction of sp³-hybridized carbons (Fsp3) is 0.0500. The van der Waals surface area contributed by atoms with Crippen molar-refractivity contribution in [3.63, 3.8) is 0 Å². The van der Waals surface area contributed by atoms with Crippen LogP contribution < -0.4 is 11.0 Å². The summed E-state index contributed by atoms with van der Waals surface area (Å²) < 4.78 is 39.3. The van der Waals surface area contributed by atoms with E-state index in [4.69, 9.17) is 0 Å². The molecule has 2 aromatic heterocycles. The maximum atomic E-state index is 13.0. The Kier molecular flexibility index (Phi) is 4.42. The molecule has 0 unspecified atom stereocenters. The molecule has 0 aliphatic carbocycles. The standard InChI is InChI=1S/C20H13F3N4O2/c21-20(22,23)14-6-1-4-12(10-14)13-5-2-7-15(11-13)25-17-16-8-3-9-24-18(16)27(29)19(28)26-17/h1-11,29H,(H,25,26,28). The minimum atomic E-state index is -4.43. The lowest BCUT2D eigenvalue weighted by Crippen LogP contribution is -2.23. The lowest BCUT2D eigenvalue weighted by molar-refractivity contribution is -0.137. The number of anilines is 2. The molecule has 2 aromatic carbocycles. The van der Waals surface area contributed by atoms with Crippen molar-refractivity contribution in [3.8, 4) is 11.1 Å². The summed E-state index contributed by atoms with van der Waals surface area (Å²) in [5, 5.41) is 13.2. The van der Waals surface area contributed by atoms with Gasteiger partial charge in [-0.25, -0.2) is 9.78 Å². The molecule has 0 fully saturated rings. The highest BCUT2D eigenvalue weighted by Crippen LogP contribution is 2.33. The lowest BCUT2D eigenvalue weighted by Gasteiger charge is -2.12. The summed E-state index contributed by atoms with van der Waals surface area (Å²) in [5.74, 6) is 0.171. The van der Waals surface area contributed by atoms with Crippen molar-refractivity contribution in [2.75, 3.05) is 5.32 Å². The molecule has 146 valence electrons. The quantitative estimate of drug-likeness (QED) is 0.498. The van der Waals surface area contributed by atoms with Crippen molar-refractivity contribution in [1.82, 2.24) is 14.7 Å². The zero-order chi connectivity index (χ0) is 20.6. The Bertz CT molecular complexity index is 1270. The highest BCUT2D eigenvalue weighted by Gasteiger charge is 2.30. The first-order valence-electron chi connectivity index (χ1n) is 8.45. The second kappa shape index (κ2) is 6.93. The fourth-order valence-electron chi connectivity index (χ4n) is 2.93. The van der Waals surface area contributed by atoms with Crippen molar-refractivity contribution in [3.05, 3.63) is 82.9 Å². The summed E-state index contributed by atoms with van der Waals surface area (Å²) in [6.07, 6.45) is -3.01. The van der Waals surface area contributed by atoms with Gasteiger partial charge >= 0.3 is 11.9 Å². The number of nitrogens with zero attached hydrogens (tertiary/aromatic N) is 3. The van der Waals surface area contributed by atoms with Crippen LogP contribution in [-0.4, -0.2) is 19.9 Å². The predicted molar refractivity (Wildman–Crippen MR) is 101 cm³/mol. The zero-order valence-electron chi connectivity index (χ0n) is 14.7. The van der Waals surface area contributed by atoms with E-state index in [-0.39, 0.29) is 11.5 Å². The van der Waals surface area contributed by atoms with Gasteiger partial charge in [0.05, 0.1) is 10.9 Å². The third-order valence-electron chi connectivity index (χ3n) is 4.28. The van der Waals surface area contributed by atoms with Gasteiger partial charge in [0.1, 0.15) is 5.82 Å². The zero-order valence-corrected chi connectivity index (χ0v) is 14.7. The van der Waals surface area contributed by atoms with Crippen LogP contribution in [0, 0.1) is 0 Å². The second-order valence-electron chi connectivity index (χ2n) is 6.21. The maximum Gasteiger partial charge on any atom is 0.416 e. The van der Waals surface area contributed by atoms with Crippen LogP contribution in [0.3, 0.4) is 0 Å². The van der Waals surface area contributed by atoms with Crippen molar-refractivity contribution in [1.29, 1.82) is 0 Å². The van der Waals surface area contributed by atoms with E-state index in [1.54, 1.807) is 42.5 Å². The molecule has 9 heteroatoms.